The number of pyridine rings is 2. The number of hydrogen-bond donors (Lipinski definition) is 1. The average Bonchev–Trinajstić information content (AvgIpc) is 2.95. The molecular formula is C16H20N4. The molecule has 0 amide bonds. The van der Waals surface area contributed by atoms with Crippen molar-refractivity contribution in [3.63, 3.8) is 0 Å². The minimum absolute atomic E-state index is 0.695. The molecule has 0 saturated carbocycles. The summed E-state index contributed by atoms with van der Waals surface area (Å²) in [6.45, 7) is 4.25. The first-order valence-corrected chi connectivity index (χ1v) is 7.17. The number of hydrogen-bond acceptors (Lipinski definition) is 4. The molecule has 0 bridgehead atoms. The number of rotatable bonds is 5. The second-order valence-electron chi connectivity index (χ2n) is 5.31. The van der Waals surface area contributed by atoms with E-state index in [-0.39, 0.29) is 0 Å². The van der Waals surface area contributed by atoms with E-state index in [1.165, 1.54) is 6.42 Å². The predicted molar refractivity (Wildman–Crippen MR) is 80.3 cm³/mol. The number of aromatic nitrogens is 2. The third-order valence-electron chi connectivity index (χ3n) is 3.72. The van der Waals surface area contributed by atoms with E-state index in [1.807, 2.05) is 36.7 Å². The van der Waals surface area contributed by atoms with Gasteiger partial charge >= 0.3 is 0 Å². The number of likely N-dealkylation sites (tertiary alicyclic amines) is 1. The zero-order valence-electron chi connectivity index (χ0n) is 11.6. The maximum atomic E-state index is 4.39. The monoisotopic (exact) mass is 268 g/mol. The summed E-state index contributed by atoms with van der Waals surface area (Å²) < 4.78 is 0. The van der Waals surface area contributed by atoms with Crippen LogP contribution in [0, 0.1) is 5.92 Å². The van der Waals surface area contributed by atoms with E-state index < -0.39 is 0 Å². The maximum absolute atomic E-state index is 4.39. The molecule has 0 spiro atoms. The molecule has 0 aromatic carbocycles. The van der Waals surface area contributed by atoms with Crippen LogP contribution in [0.2, 0.25) is 0 Å². The summed E-state index contributed by atoms with van der Waals surface area (Å²) in [7, 11) is 0. The minimum atomic E-state index is 0.695. The van der Waals surface area contributed by atoms with Gasteiger partial charge in [-0.05, 0) is 43.1 Å². The summed E-state index contributed by atoms with van der Waals surface area (Å²) >= 11 is 0. The summed E-state index contributed by atoms with van der Waals surface area (Å²) in [6.07, 6.45) is 4.93. The Morgan fingerprint density at radius 1 is 1.10 bits per heavy atom. The van der Waals surface area contributed by atoms with Crippen molar-refractivity contribution in [3.8, 4) is 0 Å². The van der Waals surface area contributed by atoms with Crippen LogP contribution in [0.3, 0.4) is 0 Å². The van der Waals surface area contributed by atoms with Gasteiger partial charge in [0, 0.05) is 32.0 Å². The van der Waals surface area contributed by atoms with E-state index in [0.717, 1.165) is 37.7 Å². The Morgan fingerprint density at radius 2 is 1.95 bits per heavy atom. The van der Waals surface area contributed by atoms with Gasteiger partial charge in [-0.3, -0.25) is 9.88 Å². The third kappa shape index (κ3) is 3.54. The largest absolute Gasteiger partial charge is 0.370 e. The summed E-state index contributed by atoms with van der Waals surface area (Å²) in [5, 5.41) is 3.42. The van der Waals surface area contributed by atoms with Crippen molar-refractivity contribution in [1.29, 1.82) is 0 Å². The second kappa shape index (κ2) is 6.48. The van der Waals surface area contributed by atoms with Crippen LogP contribution in [0.5, 0.6) is 0 Å². The number of nitrogens with one attached hydrogen (secondary N) is 1. The molecule has 2 aromatic rings. The van der Waals surface area contributed by atoms with Crippen LogP contribution in [0.1, 0.15) is 12.1 Å². The Balaban J connectivity index is 1.45. The van der Waals surface area contributed by atoms with Crippen LogP contribution in [-0.2, 0) is 6.54 Å². The van der Waals surface area contributed by atoms with E-state index >= 15 is 0 Å². The van der Waals surface area contributed by atoms with Crippen LogP contribution in [0.25, 0.3) is 0 Å². The Morgan fingerprint density at radius 3 is 2.70 bits per heavy atom. The van der Waals surface area contributed by atoms with Crippen molar-refractivity contribution in [1.82, 2.24) is 14.9 Å². The molecule has 1 aliphatic heterocycles. The quantitative estimate of drug-likeness (QED) is 0.904. The lowest BCUT2D eigenvalue weighted by molar-refractivity contribution is 0.315. The SMILES string of the molecule is c1ccc(CN2CCC(CNc3ccccn3)C2)nc1. The highest BCUT2D eigenvalue weighted by molar-refractivity contribution is 5.33. The highest BCUT2D eigenvalue weighted by atomic mass is 15.2. The molecule has 1 N–H and O–H groups in total. The minimum Gasteiger partial charge on any atom is -0.370 e. The molecule has 1 fully saturated rings. The van der Waals surface area contributed by atoms with E-state index in [9.17, 15) is 0 Å². The van der Waals surface area contributed by atoms with E-state index in [4.69, 9.17) is 0 Å². The van der Waals surface area contributed by atoms with Crippen molar-refractivity contribution in [3.05, 3.63) is 54.5 Å². The van der Waals surface area contributed by atoms with Gasteiger partial charge in [0.2, 0.25) is 0 Å². The van der Waals surface area contributed by atoms with E-state index in [2.05, 4.69) is 32.3 Å². The maximum Gasteiger partial charge on any atom is 0.125 e. The van der Waals surface area contributed by atoms with Gasteiger partial charge in [-0.1, -0.05) is 12.1 Å². The topological polar surface area (TPSA) is 41.0 Å². The first kappa shape index (κ1) is 13.1. The molecule has 0 aliphatic carbocycles. The average molecular weight is 268 g/mol. The Kier molecular flexibility index (Phi) is 4.23. The summed E-state index contributed by atoms with van der Waals surface area (Å²) in [4.78, 5) is 11.2. The molecule has 1 aliphatic rings. The fourth-order valence-corrected chi connectivity index (χ4v) is 2.66. The van der Waals surface area contributed by atoms with Crippen molar-refractivity contribution in [2.24, 2.45) is 5.92 Å². The molecule has 0 radical (unpaired) electrons. The third-order valence-corrected chi connectivity index (χ3v) is 3.72. The van der Waals surface area contributed by atoms with Crippen LogP contribution < -0.4 is 5.32 Å². The second-order valence-corrected chi connectivity index (χ2v) is 5.31. The molecular weight excluding hydrogens is 248 g/mol. The lowest BCUT2D eigenvalue weighted by Crippen LogP contribution is -2.23. The molecule has 104 valence electrons. The van der Waals surface area contributed by atoms with Gasteiger partial charge in [0.25, 0.3) is 0 Å². The van der Waals surface area contributed by atoms with Gasteiger partial charge in [0.1, 0.15) is 5.82 Å². The highest BCUT2D eigenvalue weighted by Crippen LogP contribution is 2.18. The first-order valence-electron chi connectivity index (χ1n) is 7.17. The fraction of sp³-hybridized carbons (Fsp3) is 0.375. The van der Waals surface area contributed by atoms with Crippen molar-refractivity contribution < 1.29 is 0 Å². The van der Waals surface area contributed by atoms with Crippen molar-refractivity contribution in [2.75, 3.05) is 25.0 Å². The van der Waals surface area contributed by atoms with Gasteiger partial charge in [0.05, 0.1) is 5.69 Å². The van der Waals surface area contributed by atoms with Crippen LogP contribution in [0.4, 0.5) is 5.82 Å². The number of nitrogens with zero attached hydrogens (tertiary/aromatic N) is 3. The van der Waals surface area contributed by atoms with Crippen molar-refractivity contribution in [2.45, 2.75) is 13.0 Å². The Bertz CT molecular complexity index is 515. The van der Waals surface area contributed by atoms with Gasteiger partial charge in [-0.15, -0.1) is 0 Å². The van der Waals surface area contributed by atoms with E-state index in [0.29, 0.717) is 5.92 Å². The summed E-state index contributed by atoms with van der Waals surface area (Å²) in [5.74, 6) is 1.66. The molecule has 2 aromatic heterocycles. The molecule has 1 saturated heterocycles. The molecule has 20 heavy (non-hydrogen) atoms. The van der Waals surface area contributed by atoms with Crippen LogP contribution in [-0.4, -0.2) is 34.5 Å². The summed E-state index contributed by atoms with van der Waals surface area (Å²) in [6, 6.07) is 12.1. The molecule has 1 atom stereocenters. The first-order chi connectivity index (χ1) is 9.90. The smallest absolute Gasteiger partial charge is 0.125 e. The van der Waals surface area contributed by atoms with Gasteiger partial charge < -0.3 is 5.32 Å². The standard InChI is InChI=1S/C16H20N4/c1-3-8-17-15(5-1)13-20-10-7-14(12-20)11-19-16-6-2-4-9-18-16/h1-6,8-9,14H,7,10-13H2,(H,18,19). The lowest BCUT2D eigenvalue weighted by atomic mass is 10.1. The van der Waals surface area contributed by atoms with Crippen molar-refractivity contribution >= 4 is 5.82 Å². The normalized spacial score (nSPS) is 19.1. The molecule has 1 unspecified atom stereocenters. The Labute approximate surface area is 119 Å². The highest BCUT2D eigenvalue weighted by Gasteiger charge is 2.22. The molecule has 3 heterocycles. The number of anilines is 1. The zero-order valence-corrected chi connectivity index (χ0v) is 11.6. The zero-order chi connectivity index (χ0) is 13.6. The molecule has 4 heteroatoms. The van der Waals surface area contributed by atoms with Gasteiger partial charge in [-0.25, -0.2) is 4.98 Å². The summed E-state index contributed by atoms with van der Waals surface area (Å²) in [5.41, 5.74) is 1.16. The molecule has 4 nitrogen and oxygen atoms in total. The molecule has 3 rings (SSSR count). The van der Waals surface area contributed by atoms with Gasteiger partial charge in [0.15, 0.2) is 0 Å². The van der Waals surface area contributed by atoms with Crippen LogP contribution >= 0.6 is 0 Å². The predicted octanol–water partition coefficient (Wildman–Crippen LogP) is 2.41. The Hall–Kier alpha value is -1.94. The lowest BCUT2D eigenvalue weighted by Gasteiger charge is -2.16. The fourth-order valence-electron chi connectivity index (χ4n) is 2.66. The van der Waals surface area contributed by atoms with Crippen LogP contribution in [0.15, 0.2) is 48.8 Å². The van der Waals surface area contributed by atoms with E-state index in [1.54, 1.807) is 0 Å². The van der Waals surface area contributed by atoms with Gasteiger partial charge in [-0.2, -0.15) is 0 Å².